The maximum absolute atomic E-state index is 15.5. The second-order valence-corrected chi connectivity index (χ2v) is 10.4. The summed E-state index contributed by atoms with van der Waals surface area (Å²) < 4.78 is 51.6. The highest BCUT2D eigenvalue weighted by atomic mass is 31.2. The highest BCUT2D eigenvalue weighted by molar-refractivity contribution is 7.52. The predicted molar refractivity (Wildman–Crippen MR) is 130 cm³/mol. The SMILES string of the molecule is CCCCOC(=O)[C@H](C)NP(=O)(OC[C@H]1O[C@@H](n2ccc(=O)[nH]c2=O)C(C)(F)[C@@H]1O)Oc1ccccc1. The first kappa shape index (κ1) is 28.7. The lowest BCUT2D eigenvalue weighted by Crippen LogP contribution is -2.43. The molecule has 0 radical (unpaired) electrons. The first-order valence-electron chi connectivity index (χ1n) is 11.7. The van der Waals surface area contributed by atoms with E-state index in [0.29, 0.717) is 6.42 Å². The average molecular weight is 543 g/mol. The average Bonchev–Trinajstić information content (AvgIpc) is 3.07. The van der Waals surface area contributed by atoms with Gasteiger partial charge in [0.05, 0.1) is 13.2 Å². The van der Waals surface area contributed by atoms with Crippen LogP contribution in [0.1, 0.15) is 39.8 Å². The van der Waals surface area contributed by atoms with Crippen molar-refractivity contribution in [3.8, 4) is 5.75 Å². The third-order valence-corrected chi connectivity index (χ3v) is 7.29. The first-order valence-corrected chi connectivity index (χ1v) is 13.3. The van der Waals surface area contributed by atoms with Crippen LogP contribution in [0, 0.1) is 0 Å². The number of esters is 1. The molecule has 1 fully saturated rings. The Morgan fingerprint density at radius 1 is 1.32 bits per heavy atom. The van der Waals surface area contributed by atoms with E-state index in [1.165, 1.54) is 19.1 Å². The molecule has 2 unspecified atom stereocenters. The number of rotatable bonds is 12. The number of aliphatic hydroxyl groups excluding tert-OH is 1. The number of nitrogens with one attached hydrogen (secondary N) is 2. The Balaban J connectivity index is 1.77. The topological polar surface area (TPSA) is 158 Å². The van der Waals surface area contributed by atoms with Crippen LogP contribution in [0.2, 0.25) is 0 Å². The summed E-state index contributed by atoms with van der Waals surface area (Å²) >= 11 is 0. The van der Waals surface area contributed by atoms with Gasteiger partial charge < -0.3 is 19.1 Å². The van der Waals surface area contributed by atoms with Gasteiger partial charge in [-0.1, -0.05) is 31.5 Å². The maximum atomic E-state index is 15.5. The molecule has 3 N–H and O–H groups in total. The molecule has 12 nitrogen and oxygen atoms in total. The number of aromatic nitrogens is 2. The van der Waals surface area contributed by atoms with Gasteiger partial charge in [-0.3, -0.25) is 23.7 Å². The Hall–Kier alpha value is -2.83. The summed E-state index contributed by atoms with van der Waals surface area (Å²) in [5.74, 6) is -0.522. The third-order valence-electron chi connectivity index (χ3n) is 5.65. The maximum Gasteiger partial charge on any atom is 0.459 e. The molecule has 1 aliphatic rings. The van der Waals surface area contributed by atoms with Gasteiger partial charge in [-0.05, 0) is 32.4 Å². The van der Waals surface area contributed by atoms with Crippen molar-refractivity contribution in [3.05, 3.63) is 63.4 Å². The second-order valence-electron chi connectivity index (χ2n) is 8.71. The quantitative estimate of drug-likeness (QED) is 0.206. The number of unbranched alkanes of at least 4 members (excludes halogenated alkanes) is 1. The number of benzene rings is 1. The number of nitrogens with zero attached hydrogens (tertiary/aromatic N) is 1. The van der Waals surface area contributed by atoms with Crippen molar-refractivity contribution in [1.29, 1.82) is 0 Å². The molecule has 0 bridgehead atoms. The number of halogens is 1. The van der Waals surface area contributed by atoms with Gasteiger partial charge in [-0.25, -0.2) is 13.8 Å². The van der Waals surface area contributed by atoms with Crippen LogP contribution in [-0.4, -0.2) is 57.8 Å². The largest absolute Gasteiger partial charge is 0.465 e. The molecule has 204 valence electrons. The van der Waals surface area contributed by atoms with Crippen molar-refractivity contribution in [2.24, 2.45) is 0 Å². The number of hydrogen-bond acceptors (Lipinski definition) is 9. The number of para-hydroxylation sites is 1. The van der Waals surface area contributed by atoms with E-state index in [2.05, 4.69) is 5.09 Å². The number of aromatic amines is 1. The van der Waals surface area contributed by atoms with E-state index < -0.39 is 61.7 Å². The van der Waals surface area contributed by atoms with Crippen LogP contribution < -0.4 is 20.9 Å². The van der Waals surface area contributed by atoms with E-state index in [4.69, 9.17) is 18.5 Å². The normalized spacial score (nSPS) is 25.8. The fourth-order valence-corrected chi connectivity index (χ4v) is 5.08. The number of ether oxygens (including phenoxy) is 2. The van der Waals surface area contributed by atoms with Crippen molar-refractivity contribution < 1.29 is 37.4 Å². The van der Waals surface area contributed by atoms with Gasteiger partial charge >= 0.3 is 19.4 Å². The van der Waals surface area contributed by atoms with E-state index >= 15 is 4.39 Å². The molecule has 2 aromatic rings. The van der Waals surface area contributed by atoms with Crippen molar-refractivity contribution >= 4 is 13.7 Å². The smallest absolute Gasteiger partial charge is 0.459 e. The van der Waals surface area contributed by atoms with Crippen LogP contribution >= 0.6 is 7.75 Å². The van der Waals surface area contributed by atoms with Crippen LogP contribution in [0.15, 0.2) is 52.2 Å². The van der Waals surface area contributed by atoms with Crippen molar-refractivity contribution in [2.75, 3.05) is 13.2 Å². The van der Waals surface area contributed by atoms with E-state index in [1.54, 1.807) is 18.2 Å². The Kier molecular flexibility index (Phi) is 9.43. The molecule has 14 heteroatoms. The van der Waals surface area contributed by atoms with Crippen LogP contribution in [0.5, 0.6) is 5.75 Å². The number of carbonyl (C=O) groups excluding carboxylic acids is 1. The zero-order valence-corrected chi connectivity index (χ0v) is 21.6. The zero-order chi connectivity index (χ0) is 27.2. The van der Waals surface area contributed by atoms with Crippen molar-refractivity contribution in [1.82, 2.24) is 14.6 Å². The third kappa shape index (κ3) is 7.14. The molecular formula is C23H31FN3O9P. The summed E-state index contributed by atoms with van der Waals surface area (Å²) in [7, 11) is -4.30. The molecule has 0 saturated carbocycles. The lowest BCUT2D eigenvalue weighted by molar-refractivity contribution is -0.145. The molecule has 2 heterocycles. The minimum Gasteiger partial charge on any atom is -0.465 e. The van der Waals surface area contributed by atoms with E-state index in [1.807, 2.05) is 11.9 Å². The lowest BCUT2D eigenvalue weighted by Gasteiger charge is -2.25. The molecule has 0 spiro atoms. The number of hydrogen-bond donors (Lipinski definition) is 3. The van der Waals surface area contributed by atoms with E-state index in [0.717, 1.165) is 30.2 Å². The fourth-order valence-electron chi connectivity index (χ4n) is 3.58. The number of aliphatic hydroxyl groups is 1. The number of H-pyrrole nitrogens is 1. The van der Waals surface area contributed by atoms with E-state index in [9.17, 15) is 24.1 Å². The molecule has 1 aromatic heterocycles. The van der Waals surface area contributed by atoms with Crippen LogP contribution in [-0.2, 0) is 23.4 Å². The molecule has 1 aliphatic heterocycles. The minimum absolute atomic E-state index is 0.158. The van der Waals surface area contributed by atoms with E-state index in [-0.39, 0.29) is 12.4 Å². The lowest BCUT2D eigenvalue weighted by atomic mass is 9.98. The number of alkyl halides is 1. The Morgan fingerprint density at radius 2 is 2.03 bits per heavy atom. The first-order chi connectivity index (χ1) is 17.5. The molecule has 3 rings (SSSR count). The highest BCUT2D eigenvalue weighted by Gasteiger charge is 2.55. The van der Waals surface area contributed by atoms with Gasteiger partial charge in [0.25, 0.3) is 5.56 Å². The summed E-state index contributed by atoms with van der Waals surface area (Å²) in [6, 6.07) is 7.91. The minimum atomic E-state index is -4.30. The zero-order valence-electron chi connectivity index (χ0n) is 20.7. The molecule has 6 atom stereocenters. The molecule has 37 heavy (non-hydrogen) atoms. The molecule has 0 aliphatic carbocycles. The summed E-state index contributed by atoms with van der Waals surface area (Å²) in [6.07, 6.45) is -2.30. The number of carbonyl (C=O) groups is 1. The molecule has 0 amide bonds. The summed E-state index contributed by atoms with van der Waals surface area (Å²) in [6.45, 7) is 3.92. The summed E-state index contributed by atoms with van der Waals surface area (Å²) in [4.78, 5) is 37.8. The van der Waals surface area contributed by atoms with Gasteiger partial charge in [0.15, 0.2) is 11.9 Å². The Bertz CT molecular complexity index is 1220. The molecule has 1 aromatic carbocycles. The molecule has 1 saturated heterocycles. The van der Waals surface area contributed by atoms with Crippen LogP contribution in [0.4, 0.5) is 4.39 Å². The van der Waals surface area contributed by atoms with Crippen molar-refractivity contribution in [3.63, 3.8) is 0 Å². The fraction of sp³-hybridized carbons (Fsp3) is 0.522. The Labute approximate surface area is 212 Å². The van der Waals surface area contributed by atoms with Crippen LogP contribution in [0.25, 0.3) is 0 Å². The monoisotopic (exact) mass is 543 g/mol. The second kappa shape index (κ2) is 12.1. The predicted octanol–water partition coefficient (Wildman–Crippen LogP) is 2.05. The summed E-state index contributed by atoms with van der Waals surface area (Å²) in [5, 5.41) is 13.1. The molecular weight excluding hydrogens is 512 g/mol. The van der Waals surface area contributed by atoms with Gasteiger partial charge in [0, 0.05) is 12.3 Å². The van der Waals surface area contributed by atoms with Crippen molar-refractivity contribution in [2.45, 2.75) is 63.8 Å². The van der Waals surface area contributed by atoms with Gasteiger partial charge in [0.2, 0.25) is 0 Å². The van der Waals surface area contributed by atoms with Gasteiger partial charge in [-0.2, -0.15) is 5.09 Å². The van der Waals surface area contributed by atoms with Gasteiger partial charge in [-0.15, -0.1) is 0 Å². The van der Waals surface area contributed by atoms with Crippen LogP contribution in [0.3, 0.4) is 0 Å². The van der Waals surface area contributed by atoms with Gasteiger partial charge in [0.1, 0.15) is 24.0 Å². The highest BCUT2D eigenvalue weighted by Crippen LogP contribution is 2.47. The Morgan fingerprint density at radius 3 is 2.68 bits per heavy atom. The summed E-state index contributed by atoms with van der Waals surface area (Å²) in [5.41, 5.74) is -4.11. The standard InChI is InChI=1S/C23H31FN3O9P/c1-4-5-13-33-20(30)15(2)26-37(32,36-16-9-7-6-8-10-16)34-14-17-19(29)23(3,24)21(35-17)27-12-11-18(28)25-22(27)31/h6-12,15,17,19,21,29H,4-5,13-14H2,1-3H3,(H,26,32)(H,25,28,31)/t15-,17+,19+,21+,23?,37?/m0/s1.